The van der Waals surface area contributed by atoms with Gasteiger partial charge in [-0.25, -0.2) is 0 Å². The van der Waals surface area contributed by atoms with E-state index in [0.29, 0.717) is 0 Å². The smallest absolute Gasteiger partial charge is 0.598 e. The second-order valence-electron chi connectivity index (χ2n) is 3.34. The van der Waals surface area contributed by atoms with Gasteiger partial charge in [0, 0.05) is 0 Å². The molecule has 0 N–H and O–H groups in total. The summed E-state index contributed by atoms with van der Waals surface area (Å²) in [6, 6.07) is 0. The Kier molecular flexibility index (Phi) is 42.8. The molecule has 0 fully saturated rings. The molecule has 86 valence electrons. The summed E-state index contributed by atoms with van der Waals surface area (Å²) >= 11 is 0. The van der Waals surface area contributed by atoms with Crippen LogP contribution in [0.15, 0.2) is 0 Å². The summed E-state index contributed by atoms with van der Waals surface area (Å²) in [6.07, 6.45) is 11.5. The molecular weight excluding hydrogens is 245 g/mol. The summed E-state index contributed by atoms with van der Waals surface area (Å²) in [5, 5.41) is 0. The maximum absolute atomic E-state index is 8.48. The molecule has 0 aliphatic heterocycles. The van der Waals surface area contributed by atoms with Crippen LogP contribution in [0.4, 0.5) is 0 Å². The van der Waals surface area contributed by atoms with Crippen molar-refractivity contribution in [3.8, 4) is 0 Å². The Labute approximate surface area is 145 Å². The minimum absolute atomic E-state index is 0. The van der Waals surface area contributed by atoms with Gasteiger partial charge in [0.05, 0.1) is 0 Å². The zero-order valence-electron chi connectivity index (χ0n) is 11.3. The largest absolute Gasteiger partial charge is 1.00 e. The van der Waals surface area contributed by atoms with Gasteiger partial charge in [0.25, 0.3) is 8.25 Å². The van der Waals surface area contributed by atoms with Crippen LogP contribution in [0, 0.1) is 0 Å². The number of unbranched alkanes of at least 4 members (excludes halogenated alkanes) is 7. The molecule has 6 heteroatoms. The fourth-order valence-corrected chi connectivity index (χ4v) is 1.21. The first-order chi connectivity index (χ1) is 6.65. The summed E-state index contributed by atoms with van der Waals surface area (Å²) in [6.45, 7) is 4.54. The summed E-state index contributed by atoms with van der Waals surface area (Å²) in [4.78, 5) is 17.0. The first-order valence-corrected chi connectivity index (χ1v) is 6.56. The molecule has 0 aromatic rings. The summed E-state index contributed by atoms with van der Waals surface area (Å²) < 4.78 is 8.48. The van der Waals surface area contributed by atoms with Crippen molar-refractivity contribution in [3.05, 3.63) is 0 Å². The molecule has 0 heterocycles. The molecule has 0 aliphatic rings. The maximum Gasteiger partial charge on any atom is 1.00 e. The number of rotatable bonds is 7. The predicted molar refractivity (Wildman–Crippen MR) is 55.9 cm³/mol. The topological polar surface area (TPSA) is 63.2 Å². The third-order valence-corrected chi connectivity index (χ3v) is 1.96. The average Bonchev–Trinajstić information content (AvgIpc) is 2.10. The molecule has 0 aromatic carbocycles. The molecule has 0 saturated heterocycles. The van der Waals surface area contributed by atoms with Crippen LogP contribution in [0.1, 0.15) is 65.2 Å². The normalized spacial score (nSPS) is 8.00. The fourth-order valence-electron chi connectivity index (χ4n) is 1.21. The van der Waals surface area contributed by atoms with Crippen molar-refractivity contribution in [3.63, 3.8) is 0 Å². The maximum atomic E-state index is 8.48. The van der Waals surface area contributed by atoms with Crippen molar-refractivity contribution in [2.24, 2.45) is 0 Å². The van der Waals surface area contributed by atoms with E-state index in [9.17, 15) is 0 Å². The van der Waals surface area contributed by atoms with Gasteiger partial charge < -0.3 is 9.79 Å². The van der Waals surface area contributed by atoms with Crippen molar-refractivity contribution in [2.45, 2.75) is 65.2 Å². The van der Waals surface area contributed by atoms with E-state index in [-0.39, 0.29) is 59.1 Å². The summed E-state index contributed by atoms with van der Waals surface area (Å²) in [7, 11) is -3.37. The third-order valence-electron chi connectivity index (χ3n) is 1.96. The quantitative estimate of drug-likeness (QED) is 0.273. The average molecular weight is 267 g/mol. The Morgan fingerprint density at radius 1 is 0.750 bits per heavy atom. The van der Waals surface area contributed by atoms with E-state index in [4.69, 9.17) is 14.4 Å². The van der Waals surface area contributed by atoms with Crippen molar-refractivity contribution in [2.75, 3.05) is 0 Å². The Hall–Kier alpha value is 2.02. The van der Waals surface area contributed by atoms with E-state index >= 15 is 0 Å². The first kappa shape index (κ1) is 26.6. The second-order valence-corrected chi connectivity index (χ2v) is 3.79. The molecule has 0 radical (unpaired) electrons. The van der Waals surface area contributed by atoms with E-state index in [1.54, 1.807) is 0 Å². The van der Waals surface area contributed by atoms with Crippen LogP contribution in [0.3, 0.4) is 0 Å². The first-order valence-electron chi connectivity index (χ1n) is 5.46. The number of hydrogen-bond donors (Lipinski definition) is 0. The standard InChI is InChI=1S/C10H22.2Na.HO3P/c1-3-5-7-9-10-8-6-4-2;;;1-4(2)3/h3-10H2,1-2H3;;;(H,1,2,3)/q;2*+1;/p-1. The Morgan fingerprint density at radius 2 is 0.938 bits per heavy atom. The predicted octanol–water partition coefficient (Wildman–Crippen LogP) is -3.48. The van der Waals surface area contributed by atoms with Crippen LogP contribution in [0.5, 0.6) is 0 Å². The molecule has 0 saturated carbocycles. The van der Waals surface area contributed by atoms with Gasteiger partial charge in [0.1, 0.15) is 0 Å². The van der Waals surface area contributed by atoms with Gasteiger partial charge in [-0.2, -0.15) is 0 Å². The fraction of sp³-hybridized carbons (Fsp3) is 1.00. The Balaban J connectivity index is -0.000000105. The molecule has 0 bridgehead atoms. The van der Waals surface area contributed by atoms with Crippen LogP contribution in [-0.2, 0) is 4.57 Å². The van der Waals surface area contributed by atoms with Crippen molar-refractivity contribution < 1.29 is 73.5 Å². The van der Waals surface area contributed by atoms with E-state index < -0.39 is 8.25 Å². The zero-order valence-corrected chi connectivity index (χ0v) is 16.2. The third kappa shape index (κ3) is 44.4. The molecule has 0 amide bonds. The summed E-state index contributed by atoms with van der Waals surface area (Å²) in [5.74, 6) is 0. The molecule has 0 aliphatic carbocycles. The molecule has 0 atom stereocenters. The van der Waals surface area contributed by atoms with Gasteiger partial charge in [-0.1, -0.05) is 69.8 Å². The molecule has 16 heavy (non-hydrogen) atoms. The van der Waals surface area contributed by atoms with E-state index in [1.807, 2.05) is 0 Å². The van der Waals surface area contributed by atoms with Gasteiger partial charge in [-0.15, -0.1) is 0 Å². The zero-order chi connectivity index (χ0) is 11.2. The molecular formula is C10H22Na2O3P+. The molecule has 0 rings (SSSR count). The van der Waals surface area contributed by atoms with Crippen molar-refractivity contribution in [1.29, 1.82) is 0 Å². The minimum Gasteiger partial charge on any atom is -0.598 e. The van der Waals surface area contributed by atoms with Crippen LogP contribution < -0.4 is 68.9 Å². The van der Waals surface area contributed by atoms with Crippen molar-refractivity contribution >= 4 is 8.25 Å². The minimum atomic E-state index is -3.37. The SMILES string of the molecule is CCCCCCCCCC.O=[P+]([O-])[O-].[Na+].[Na+]. The van der Waals surface area contributed by atoms with Crippen molar-refractivity contribution in [1.82, 2.24) is 0 Å². The monoisotopic (exact) mass is 267 g/mol. The van der Waals surface area contributed by atoms with Crippen LogP contribution in [0.25, 0.3) is 0 Å². The van der Waals surface area contributed by atoms with Gasteiger partial charge in [0.15, 0.2) is 0 Å². The van der Waals surface area contributed by atoms with Crippen LogP contribution in [-0.4, -0.2) is 0 Å². The van der Waals surface area contributed by atoms with E-state index in [1.165, 1.54) is 51.4 Å². The molecule has 0 unspecified atom stereocenters. The summed E-state index contributed by atoms with van der Waals surface area (Å²) in [5.41, 5.74) is 0. The van der Waals surface area contributed by atoms with E-state index in [2.05, 4.69) is 13.8 Å². The van der Waals surface area contributed by atoms with Gasteiger partial charge in [-0.05, 0) is 0 Å². The Bertz CT molecular complexity index is 115. The van der Waals surface area contributed by atoms with E-state index in [0.717, 1.165) is 0 Å². The van der Waals surface area contributed by atoms with Gasteiger partial charge >= 0.3 is 59.1 Å². The van der Waals surface area contributed by atoms with Gasteiger partial charge in [-0.3, -0.25) is 0 Å². The van der Waals surface area contributed by atoms with Gasteiger partial charge in [0.2, 0.25) is 0 Å². The Morgan fingerprint density at radius 3 is 1.12 bits per heavy atom. The second kappa shape index (κ2) is 25.8. The van der Waals surface area contributed by atoms with Crippen LogP contribution in [0.2, 0.25) is 0 Å². The van der Waals surface area contributed by atoms with Crippen LogP contribution >= 0.6 is 8.25 Å². The molecule has 0 aromatic heterocycles. The molecule has 0 spiro atoms. The number of hydrogen-bond acceptors (Lipinski definition) is 3. The molecule has 3 nitrogen and oxygen atoms in total.